The number of aryl methyl sites for hydroxylation is 1. The van der Waals surface area contributed by atoms with Crippen LogP contribution in [-0.2, 0) is 0 Å². The van der Waals surface area contributed by atoms with Crippen molar-refractivity contribution >= 4 is 39.9 Å². The van der Waals surface area contributed by atoms with E-state index in [0.717, 1.165) is 30.1 Å². The molecule has 3 aromatic carbocycles. The Kier molecular flexibility index (Phi) is 6.95. The summed E-state index contributed by atoms with van der Waals surface area (Å²) in [7, 11) is 0. The molecule has 3 aliphatic rings. The summed E-state index contributed by atoms with van der Waals surface area (Å²) in [5, 5.41) is 8.57. The minimum Gasteiger partial charge on any atom is -0.372 e. The van der Waals surface area contributed by atoms with Gasteiger partial charge in [0.2, 0.25) is 0 Å². The molecule has 0 aliphatic carbocycles. The first-order valence-corrected chi connectivity index (χ1v) is 15.3. The average Bonchev–Trinajstić information content (AvgIpc) is 3.79. The summed E-state index contributed by atoms with van der Waals surface area (Å²) in [6, 6.07) is 28.8. The molecule has 2 fully saturated rings. The Labute approximate surface area is 243 Å². The zero-order valence-electron chi connectivity index (χ0n) is 24.2. The Hall–Kier alpha value is -4.12. The molecule has 4 aromatic rings. The summed E-state index contributed by atoms with van der Waals surface area (Å²) in [6.07, 6.45) is 9.57. The minimum absolute atomic E-state index is 0.0767. The van der Waals surface area contributed by atoms with Crippen molar-refractivity contribution in [1.29, 1.82) is 0 Å². The van der Waals surface area contributed by atoms with E-state index in [0.29, 0.717) is 0 Å². The van der Waals surface area contributed by atoms with Gasteiger partial charge >= 0.3 is 0 Å². The average molecular weight is 542 g/mol. The molecule has 2 unspecified atom stereocenters. The van der Waals surface area contributed by atoms with Gasteiger partial charge in [-0.05, 0) is 91.8 Å². The van der Waals surface area contributed by atoms with Crippen LogP contribution < -0.4 is 14.8 Å². The number of benzene rings is 3. The molecule has 208 valence electrons. The molecule has 5 heteroatoms. The number of fused-ring (bicyclic) bond motifs is 1. The van der Waals surface area contributed by atoms with Crippen molar-refractivity contribution in [3.63, 3.8) is 0 Å². The van der Waals surface area contributed by atoms with Crippen LogP contribution in [0.5, 0.6) is 0 Å². The van der Waals surface area contributed by atoms with Crippen molar-refractivity contribution in [1.82, 2.24) is 4.98 Å². The van der Waals surface area contributed by atoms with Crippen molar-refractivity contribution in [2.75, 3.05) is 41.0 Å². The van der Waals surface area contributed by atoms with Crippen molar-refractivity contribution in [2.24, 2.45) is 11.0 Å². The van der Waals surface area contributed by atoms with E-state index in [2.05, 4.69) is 120 Å². The largest absolute Gasteiger partial charge is 0.372 e. The fourth-order valence-corrected chi connectivity index (χ4v) is 6.72. The maximum Gasteiger partial charge on any atom is 0.150 e. The van der Waals surface area contributed by atoms with Crippen LogP contribution in [0, 0.1) is 12.8 Å². The van der Waals surface area contributed by atoms with Crippen molar-refractivity contribution < 1.29 is 0 Å². The Bertz CT molecular complexity index is 1580. The number of hydrogen-bond donors (Lipinski definition) is 0. The van der Waals surface area contributed by atoms with Crippen LogP contribution in [0.2, 0.25) is 0 Å². The Morgan fingerprint density at radius 1 is 0.732 bits per heavy atom. The molecular formula is C36H39N5. The second kappa shape index (κ2) is 11.0. The molecule has 0 N–H and O–H groups in total. The van der Waals surface area contributed by atoms with E-state index in [9.17, 15) is 0 Å². The number of rotatable bonds is 6. The first kappa shape index (κ1) is 25.8. The highest BCUT2D eigenvalue weighted by Crippen LogP contribution is 2.40. The lowest BCUT2D eigenvalue weighted by Crippen LogP contribution is -2.25. The van der Waals surface area contributed by atoms with Gasteiger partial charge in [0, 0.05) is 48.9 Å². The Morgan fingerprint density at radius 2 is 1.34 bits per heavy atom. The van der Waals surface area contributed by atoms with E-state index in [4.69, 9.17) is 10.1 Å². The van der Waals surface area contributed by atoms with Gasteiger partial charge in [-0.25, -0.2) is 9.99 Å². The maximum absolute atomic E-state index is 5.22. The predicted molar refractivity (Wildman–Crippen MR) is 173 cm³/mol. The molecule has 4 heterocycles. The van der Waals surface area contributed by atoms with Crippen LogP contribution in [0.3, 0.4) is 0 Å². The number of pyridine rings is 1. The maximum atomic E-state index is 5.22. The predicted octanol–water partition coefficient (Wildman–Crippen LogP) is 8.01. The van der Waals surface area contributed by atoms with Crippen molar-refractivity contribution in [2.45, 2.75) is 45.6 Å². The lowest BCUT2D eigenvalue weighted by molar-refractivity contribution is 0.585. The standard InChI is InChI=1S/C36H39N5/c1-26-25-35(37-34-10-4-3-9-32(26)34)41-36(29-14-18-31(19-15-29)40-23-7-8-24-40)27(2)33(38-41)20-13-28-11-16-30(17-12-28)39-21-5-6-22-39/h3-4,9-20,25,27,36H,5-8,21-24H2,1-2H3. The third-order valence-corrected chi connectivity index (χ3v) is 9.09. The number of anilines is 3. The van der Waals surface area contributed by atoms with Gasteiger partial charge in [-0.15, -0.1) is 0 Å². The first-order chi connectivity index (χ1) is 20.1. The van der Waals surface area contributed by atoms with Gasteiger partial charge in [0.05, 0.1) is 17.3 Å². The smallest absolute Gasteiger partial charge is 0.150 e. The Balaban J connectivity index is 1.21. The molecule has 0 amide bonds. The summed E-state index contributed by atoms with van der Waals surface area (Å²) >= 11 is 0. The first-order valence-electron chi connectivity index (χ1n) is 15.3. The van der Waals surface area contributed by atoms with E-state index in [1.54, 1.807) is 0 Å². The van der Waals surface area contributed by atoms with E-state index >= 15 is 0 Å². The molecule has 0 saturated carbocycles. The third kappa shape index (κ3) is 5.10. The van der Waals surface area contributed by atoms with Crippen LogP contribution in [0.4, 0.5) is 17.2 Å². The molecule has 3 aliphatic heterocycles. The number of hydrogen-bond acceptors (Lipinski definition) is 5. The molecule has 0 radical (unpaired) electrons. The fourth-order valence-electron chi connectivity index (χ4n) is 6.72. The van der Waals surface area contributed by atoms with Crippen LogP contribution in [0.15, 0.2) is 90.0 Å². The number of hydrazone groups is 1. The minimum atomic E-state index is 0.0767. The number of nitrogens with zero attached hydrogens (tertiary/aromatic N) is 5. The molecule has 0 bridgehead atoms. The van der Waals surface area contributed by atoms with Crippen LogP contribution in [0.1, 0.15) is 55.3 Å². The van der Waals surface area contributed by atoms with E-state index in [1.807, 2.05) is 0 Å². The van der Waals surface area contributed by atoms with Gasteiger partial charge in [0.15, 0.2) is 0 Å². The number of allylic oxidation sites excluding steroid dienone is 1. The summed E-state index contributed by atoms with van der Waals surface area (Å²) < 4.78 is 0. The normalized spacial score (nSPS) is 21.0. The van der Waals surface area contributed by atoms with Gasteiger partial charge < -0.3 is 9.80 Å². The lowest BCUT2D eigenvalue weighted by Gasteiger charge is -2.27. The monoisotopic (exact) mass is 541 g/mol. The van der Waals surface area contributed by atoms with E-state index in [1.165, 1.54) is 72.2 Å². The lowest BCUT2D eigenvalue weighted by atomic mass is 9.91. The van der Waals surface area contributed by atoms with Crippen LogP contribution >= 0.6 is 0 Å². The van der Waals surface area contributed by atoms with Crippen molar-refractivity contribution in [3.8, 4) is 0 Å². The molecule has 0 spiro atoms. The highest BCUT2D eigenvalue weighted by molar-refractivity contribution is 6.02. The molecule has 41 heavy (non-hydrogen) atoms. The quantitative estimate of drug-likeness (QED) is 0.248. The van der Waals surface area contributed by atoms with Gasteiger partial charge in [-0.2, -0.15) is 5.10 Å². The summed E-state index contributed by atoms with van der Waals surface area (Å²) in [6.45, 7) is 9.12. The molecule has 5 nitrogen and oxygen atoms in total. The second-order valence-electron chi connectivity index (χ2n) is 11.8. The molecular weight excluding hydrogens is 502 g/mol. The number of aromatic nitrogens is 1. The Morgan fingerprint density at radius 3 is 2.00 bits per heavy atom. The van der Waals surface area contributed by atoms with Gasteiger partial charge in [-0.1, -0.05) is 55.5 Å². The second-order valence-corrected chi connectivity index (χ2v) is 11.8. The van der Waals surface area contributed by atoms with Crippen LogP contribution in [-0.4, -0.2) is 36.9 Å². The highest BCUT2D eigenvalue weighted by Gasteiger charge is 2.36. The fraction of sp³-hybridized carbons (Fsp3) is 0.333. The summed E-state index contributed by atoms with van der Waals surface area (Å²) in [5.74, 6) is 1.11. The van der Waals surface area contributed by atoms with Crippen molar-refractivity contribution in [3.05, 3.63) is 102 Å². The third-order valence-electron chi connectivity index (χ3n) is 9.09. The van der Waals surface area contributed by atoms with Gasteiger partial charge in [0.1, 0.15) is 5.82 Å². The number of para-hydroxylation sites is 1. The summed E-state index contributed by atoms with van der Waals surface area (Å²) in [5.41, 5.74) is 8.43. The molecule has 1 aromatic heterocycles. The highest BCUT2D eigenvalue weighted by atomic mass is 15.5. The van der Waals surface area contributed by atoms with Gasteiger partial charge in [-0.3, -0.25) is 0 Å². The molecule has 2 atom stereocenters. The topological polar surface area (TPSA) is 35.0 Å². The van der Waals surface area contributed by atoms with Gasteiger partial charge in [0.25, 0.3) is 0 Å². The molecule has 2 saturated heterocycles. The van der Waals surface area contributed by atoms with E-state index < -0.39 is 0 Å². The zero-order chi connectivity index (χ0) is 27.8. The SMILES string of the molecule is Cc1cc(N2N=C(C=Cc3ccc(N4CCCC4)cc3)C(C)C2c2ccc(N3CCCC3)cc2)nc2ccccc12. The zero-order valence-corrected chi connectivity index (χ0v) is 24.2. The summed E-state index contributed by atoms with van der Waals surface area (Å²) in [4.78, 5) is 10.1. The molecule has 7 rings (SSSR count). The van der Waals surface area contributed by atoms with E-state index in [-0.39, 0.29) is 12.0 Å². The van der Waals surface area contributed by atoms with Crippen LogP contribution in [0.25, 0.3) is 17.0 Å².